The van der Waals surface area contributed by atoms with Crippen LogP contribution in [0.1, 0.15) is 64.0 Å². The minimum Gasteiger partial charge on any atom is -0.342 e. The number of hydrogen-bond donors (Lipinski definition) is 0. The van der Waals surface area contributed by atoms with Gasteiger partial charge in [0.25, 0.3) is 11.8 Å². The van der Waals surface area contributed by atoms with Crippen molar-refractivity contribution in [1.29, 1.82) is 0 Å². The number of hydrogen-bond acceptors (Lipinski definition) is 4. The predicted molar refractivity (Wildman–Crippen MR) is 144 cm³/mol. The zero-order valence-corrected chi connectivity index (χ0v) is 22.7. The average Bonchev–Trinajstić information content (AvgIpc) is 3.16. The molecule has 3 aromatic rings. The minimum atomic E-state index is -0.674. The van der Waals surface area contributed by atoms with Crippen molar-refractivity contribution in [1.82, 2.24) is 14.4 Å². The first kappa shape index (κ1) is 27.2. The standard InChI is InChI=1S/C30H34FN3O4/c1-17-16-33(18(2)13-23(17)14-21-7-10-24(31)11-8-21)29(37)27-19(3)34(20(4)35)26-12-9-22(15-25(26)27)28(36)30(38)32(5)6/h7-12,15,17-18,23H,13-14,16H2,1-6H3/t17-,18+,23?/m0/s1. The molecule has 0 aliphatic carbocycles. The van der Waals surface area contributed by atoms with Crippen molar-refractivity contribution in [2.24, 2.45) is 11.8 Å². The lowest BCUT2D eigenvalue weighted by Gasteiger charge is -2.42. The third kappa shape index (κ3) is 4.99. The third-order valence-corrected chi connectivity index (χ3v) is 7.73. The van der Waals surface area contributed by atoms with E-state index in [0.717, 1.165) is 18.4 Å². The Morgan fingerprint density at radius 1 is 1.03 bits per heavy atom. The first-order valence-corrected chi connectivity index (χ1v) is 12.9. The molecule has 0 N–H and O–H groups in total. The lowest BCUT2D eigenvalue weighted by Crippen LogP contribution is -2.48. The Morgan fingerprint density at radius 3 is 2.29 bits per heavy atom. The first-order chi connectivity index (χ1) is 17.9. The van der Waals surface area contributed by atoms with Gasteiger partial charge in [0.15, 0.2) is 0 Å². The number of carbonyl (C=O) groups excluding carboxylic acids is 4. The van der Waals surface area contributed by atoms with Gasteiger partial charge in [0.05, 0.1) is 11.1 Å². The maximum atomic E-state index is 14.1. The van der Waals surface area contributed by atoms with Gasteiger partial charge in [0.1, 0.15) is 5.82 Å². The molecule has 1 saturated heterocycles. The Hall–Kier alpha value is -3.81. The predicted octanol–water partition coefficient (Wildman–Crippen LogP) is 4.75. The molecule has 8 heteroatoms. The van der Waals surface area contributed by atoms with Crippen molar-refractivity contribution in [3.63, 3.8) is 0 Å². The van der Waals surface area contributed by atoms with E-state index in [1.165, 1.54) is 48.7 Å². The van der Waals surface area contributed by atoms with Crippen LogP contribution in [0.4, 0.5) is 4.39 Å². The lowest BCUT2D eigenvalue weighted by molar-refractivity contribution is -0.124. The van der Waals surface area contributed by atoms with Gasteiger partial charge in [-0.3, -0.25) is 23.7 Å². The summed E-state index contributed by atoms with van der Waals surface area (Å²) in [5.41, 5.74) is 2.65. The van der Waals surface area contributed by atoms with Crippen LogP contribution in [0.15, 0.2) is 42.5 Å². The van der Waals surface area contributed by atoms with Crippen molar-refractivity contribution in [2.75, 3.05) is 20.6 Å². The molecule has 0 saturated carbocycles. The molecule has 2 heterocycles. The fourth-order valence-corrected chi connectivity index (χ4v) is 5.63. The Labute approximate surface area is 222 Å². The molecule has 2 aromatic carbocycles. The molecule has 38 heavy (non-hydrogen) atoms. The van der Waals surface area contributed by atoms with Crippen LogP contribution in [0.5, 0.6) is 0 Å². The topological polar surface area (TPSA) is 79.7 Å². The maximum Gasteiger partial charge on any atom is 0.294 e. The largest absolute Gasteiger partial charge is 0.342 e. The normalized spacial score (nSPS) is 19.4. The van der Waals surface area contributed by atoms with Crippen LogP contribution in [0, 0.1) is 24.6 Å². The summed E-state index contributed by atoms with van der Waals surface area (Å²) in [6, 6.07) is 11.2. The van der Waals surface area contributed by atoms with Crippen molar-refractivity contribution < 1.29 is 23.6 Å². The molecule has 7 nitrogen and oxygen atoms in total. The van der Waals surface area contributed by atoms with E-state index < -0.39 is 11.7 Å². The van der Waals surface area contributed by atoms with E-state index in [2.05, 4.69) is 6.92 Å². The number of Topliss-reactive ketones (excluding diaryl/α,β-unsaturated/α-hetero) is 1. The summed E-state index contributed by atoms with van der Waals surface area (Å²) >= 11 is 0. The molecular formula is C30H34FN3O4. The van der Waals surface area contributed by atoms with Gasteiger partial charge in [-0.1, -0.05) is 19.1 Å². The number of benzene rings is 2. The molecule has 0 spiro atoms. The van der Waals surface area contributed by atoms with E-state index in [0.29, 0.717) is 34.6 Å². The van der Waals surface area contributed by atoms with Crippen molar-refractivity contribution in [2.45, 2.75) is 46.6 Å². The van der Waals surface area contributed by atoms with Gasteiger partial charge in [-0.2, -0.15) is 0 Å². The van der Waals surface area contributed by atoms with Crippen LogP contribution >= 0.6 is 0 Å². The van der Waals surface area contributed by atoms with Gasteiger partial charge >= 0.3 is 0 Å². The number of aromatic nitrogens is 1. The molecule has 4 rings (SSSR count). The quantitative estimate of drug-likeness (QED) is 0.360. The fraction of sp³-hybridized carbons (Fsp3) is 0.400. The van der Waals surface area contributed by atoms with E-state index >= 15 is 0 Å². The summed E-state index contributed by atoms with van der Waals surface area (Å²) in [6.45, 7) is 7.84. The van der Waals surface area contributed by atoms with Gasteiger partial charge < -0.3 is 9.80 Å². The Kier molecular flexibility index (Phi) is 7.54. The number of piperidine rings is 1. The molecule has 3 atom stereocenters. The van der Waals surface area contributed by atoms with E-state index in [1.54, 1.807) is 19.1 Å². The van der Waals surface area contributed by atoms with Crippen LogP contribution in [0.2, 0.25) is 0 Å². The number of fused-ring (bicyclic) bond motifs is 1. The van der Waals surface area contributed by atoms with E-state index in [9.17, 15) is 23.6 Å². The molecule has 1 aliphatic rings. The van der Waals surface area contributed by atoms with Gasteiger partial charge in [0, 0.05) is 50.2 Å². The van der Waals surface area contributed by atoms with E-state index in [1.807, 2.05) is 24.0 Å². The Morgan fingerprint density at radius 2 is 1.68 bits per heavy atom. The second kappa shape index (κ2) is 10.5. The fourth-order valence-electron chi connectivity index (χ4n) is 5.63. The zero-order chi connectivity index (χ0) is 27.9. The number of rotatable bonds is 5. The summed E-state index contributed by atoms with van der Waals surface area (Å²) < 4.78 is 14.8. The van der Waals surface area contributed by atoms with Crippen LogP contribution in [0.3, 0.4) is 0 Å². The van der Waals surface area contributed by atoms with E-state index in [-0.39, 0.29) is 35.2 Å². The highest BCUT2D eigenvalue weighted by molar-refractivity contribution is 6.43. The monoisotopic (exact) mass is 519 g/mol. The first-order valence-electron chi connectivity index (χ1n) is 12.9. The highest BCUT2D eigenvalue weighted by Gasteiger charge is 2.36. The molecule has 2 amide bonds. The Bertz CT molecular complexity index is 1420. The number of ketones is 1. The van der Waals surface area contributed by atoms with Crippen LogP contribution in [0.25, 0.3) is 10.9 Å². The highest BCUT2D eigenvalue weighted by atomic mass is 19.1. The second-order valence-electron chi connectivity index (χ2n) is 10.7. The highest BCUT2D eigenvalue weighted by Crippen LogP contribution is 2.34. The Balaban J connectivity index is 1.68. The molecular weight excluding hydrogens is 485 g/mol. The van der Waals surface area contributed by atoms with Crippen LogP contribution in [-0.2, 0) is 11.2 Å². The average molecular weight is 520 g/mol. The van der Waals surface area contributed by atoms with Crippen molar-refractivity contribution >= 4 is 34.4 Å². The maximum absolute atomic E-state index is 14.1. The molecule has 1 fully saturated rings. The number of halogens is 1. The van der Waals surface area contributed by atoms with Gasteiger partial charge in [-0.05, 0) is 74.4 Å². The van der Waals surface area contributed by atoms with Crippen molar-refractivity contribution in [3.05, 3.63) is 70.7 Å². The number of likely N-dealkylation sites (tertiary alicyclic amines) is 1. The minimum absolute atomic E-state index is 0.0561. The molecule has 0 bridgehead atoms. The summed E-state index contributed by atoms with van der Waals surface area (Å²) in [6.07, 6.45) is 1.59. The van der Waals surface area contributed by atoms with Crippen LogP contribution < -0.4 is 0 Å². The lowest BCUT2D eigenvalue weighted by atomic mass is 9.79. The van der Waals surface area contributed by atoms with E-state index in [4.69, 9.17) is 0 Å². The smallest absolute Gasteiger partial charge is 0.294 e. The zero-order valence-electron chi connectivity index (χ0n) is 22.7. The summed E-state index contributed by atoms with van der Waals surface area (Å²) in [5, 5.41) is 0.480. The second-order valence-corrected chi connectivity index (χ2v) is 10.7. The van der Waals surface area contributed by atoms with Crippen molar-refractivity contribution in [3.8, 4) is 0 Å². The summed E-state index contributed by atoms with van der Waals surface area (Å²) in [5.74, 6) is -1.49. The van der Waals surface area contributed by atoms with Crippen LogP contribution in [-0.4, -0.2) is 64.6 Å². The van der Waals surface area contributed by atoms with Gasteiger partial charge in [0.2, 0.25) is 11.7 Å². The number of carbonyl (C=O) groups is 4. The molecule has 0 radical (unpaired) electrons. The molecule has 1 unspecified atom stereocenters. The van der Waals surface area contributed by atoms with Gasteiger partial charge in [-0.25, -0.2) is 4.39 Å². The number of nitrogens with zero attached hydrogens (tertiary/aromatic N) is 3. The molecule has 1 aromatic heterocycles. The number of amides is 2. The van der Waals surface area contributed by atoms with Gasteiger partial charge in [-0.15, -0.1) is 0 Å². The molecule has 1 aliphatic heterocycles. The SMILES string of the molecule is CC(=O)n1c(C)c(C(=O)N2C[C@H](C)C(Cc3ccc(F)cc3)C[C@H]2C)c2cc(C(=O)C(=O)N(C)C)ccc21. The third-order valence-electron chi connectivity index (χ3n) is 7.73. The number of likely N-dealkylation sites (N-methyl/N-ethyl adjacent to an activating group) is 1. The molecule has 200 valence electrons. The summed E-state index contributed by atoms with van der Waals surface area (Å²) in [4.78, 5) is 54.7. The summed E-state index contributed by atoms with van der Waals surface area (Å²) in [7, 11) is 3.01.